The van der Waals surface area contributed by atoms with Crippen molar-refractivity contribution in [2.75, 3.05) is 7.11 Å². The summed E-state index contributed by atoms with van der Waals surface area (Å²) in [6, 6.07) is 17.0. The van der Waals surface area contributed by atoms with E-state index in [0.29, 0.717) is 22.3 Å². The van der Waals surface area contributed by atoms with Gasteiger partial charge < -0.3 is 23.6 Å². The van der Waals surface area contributed by atoms with Crippen LogP contribution in [-0.2, 0) is 24.4 Å². The Hall–Kier alpha value is -4.33. The first-order chi connectivity index (χ1) is 16.0. The second kappa shape index (κ2) is 9.86. The van der Waals surface area contributed by atoms with E-state index in [1.807, 2.05) is 30.3 Å². The van der Waals surface area contributed by atoms with Gasteiger partial charge in [0.1, 0.15) is 30.0 Å². The van der Waals surface area contributed by atoms with Gasteiger partial charge in [0, 0.05) is 23.6 Å². The van der Waals surface area contributed by atoms with Crippen molar-refractivity contribution in [2.24, 2.45) is 0 Å². The van der Waals surface area contributed by atoms with E-state index in [1.54, 1.807) is 18.2 Å². The van der Waals surface area contributed by atoms with Crippen LogP contribution in [0.1, 0.15) is 16.9 Å². The molecule has 33 heavy (non-hydrogen) atoms. The topological polar surface area (TPSA) is 108 Å². The molecule has 0 fully saturated rings. The quantitative estimate of drug-likeness (QED) is 0.413. The van der Waals surface area contributed by atoms with Crippen molar-refractivity contribution in [2.45, 2.75) is 19.6 Å². The molecule has 2 aromatic carbocycles. The highest BCUT2D eigenvalue weighted by Gasteiger charge is 2.12. The van der Waals surface area contributed by atoms with Gasteiger partial charge in [0.2, 0.25) is 17.1 Å². The fourth-order valence-corrected chi connectivity index (χ4v) is 3.28. The minimum Gasteiger partial charge on any atom is -0.497 e. The van der Waals surface area contributed by atoms with Gasteiger partial charge >= 0.3 is 5.63 Å². The monoisotopic (exact) mass is 447 g/mol. The maximum Gasteiger partial charge on any atom is 0.336 e. The second-order valence-corrected chi connectivity index (χ2v) is 7.26. The van der Waals surface area contributed by atoms with Gasteiger partial charge in [-0.15, -0.1) is 0 Å². The fraction of sp³-hybridized carbons (Fsp3) is 0.160. The van der Waals surface area contributed by atoms with Crippen LogP contribution in [0.25, 0.3) is 11.0 Å². The molecule has 168 valence electrons. The van der Waals surface area contributed by atoms with Crippen molar-refractivity contribution in [1.29, 1.82) is 0 Å². The molecule has 1 amide bonds. The van der Waals surface area contributed by atoms with Gasteiger partial charge in [-0.3, -0.25) is 9.59 Å². The number of rotatable bonds is 8. The van der Waals surface area contributed by atoms with Crippen LogP contribution in [0.5, 0.6) is 11.5 Å². The third kappa shape index (κ3) is 5.48. The summed E-state index contributed by atoms with van der Waals surface area (Å²) in [6.45, 7) is 0.257. The maximum atomic E-state index is 12.5. The Morgan fingerprint density at radius 1 is 1.03 bits per heavy atom. The highest BCUT2D eigenvalue weighted by atomic mass is 16.5. The zero-order chi connectivity index (χ0) is 23.2. The molecule has 0 unspecified atom stereocenters. The lowest BCUT2D eigenvalue weighted by Crippen LogP contribution is -2.25. The average molecular weight is 447 g/mol. The molecule has 2 aromatic heterocycles. The number of amides is 1. The van der Waals surface area contributed by atoms with Crippen LogP contribution < -0.4 is 25.8 Å². The molecule has 1 N–H and O–H groups in total. The van der Waals surface area contributed by atoms with Gasteiger partial charge in [0.05, 0.1) is 20.1 Å². The lowest BCUT2D eigenvalue weighted by atomic mass is 10.1. The van der Waals surface area contributed by atoms with Crippen LogP contribution >= 0.6 is 0 Å². The smallest absolute Gasteiger partial charge is 0.336 e. The molecule has 0 bridgehead atoms. The number of hydrogen-bond acceptors (Lipinski definition) is 7. The standard InChI is InChI=1S/C25H21NO7/c1-30-18-7-8-20-17(10-25(29)33-22(20)12-18)9-24(28)26-13-19-11-21(27)23(15-31-19)32-14-16-5-3-2-4-6-16/h2-8,10-12,15H,9,13-14H2,1H3,(H,26,28). The van der Waals surface area contributed by atoms with Crippen molar-refractivity contribution in [3.63, 3.8) is 0 Å². The summed E-state index contributed by atoms with van der Waals surface area (Å²) in [7, 11) is 1.51. The van der Waals surface area contributed by atoms with E-state index < -0.39 is 5.63 Å². The van der Waals surface area contributed by atoms with Gasteiger partial charge in [0.25, 0.3) is 0 Å². The minimum absolute atomic E-state index is 0.0141. The molecule has 0 radical (unpaired) electrons. The van der Waals surface area contributed by atoms with Crippen molar-refractivity contribution < 1.29 is 23.1 Å². The molecule has 8 nitrogen and oxygen atoms in total. The molecular weight excluding hydrogens is 426 g/mol. The third-order valence-electron chi connectivity index (χ3n) is 4.94. The van der Waals surface area contributed by atoms with E-state index in [4.69, 9.17) is 18.3 Å². The number of fused-ring (bicyclic) bond motifs is 1. The molecule has 0 saturated heterocycles. The number of ether oxygens (including phenoxy) is 2. The third-order valence-corrected chi connectivity index (χ3v) is 4.94. The second-order valence-electron chi connectivity index (χ2n) is 7.26. The Morgan fingerprint density at radius 2 is 1.85 bits per heavy atom. The highest BCUT2D eigenvalue weighted by molar-refractivity contribution is 5.87. The van der Waals surface area contributed by atoms with Gasteiger partial charge in [-0.1, -0.05) is 30.3 Å². The van der Waals surface area contributed by atoms with E-state index in [2.05, 4.69) is 5.32 Å². The zero-order valence-corrected chi connectivity index (χ0v) is 17.8. The van der Waals surface area contributed by atoms with Crippen LogP contribution in [0.2, 0.25) is 0 Å². The van der Waals surface area contributed by atoms with Crippen molar-refractivity contribution >= 4 is 16.9 Å². The average Bonchev–Trinajstić information content (AvgIpc) is 2.82. The van der Waals surface area contributed by atoms with Crippen LogP contribution in [0, 0.1) is 0 Å². The van der Waals surface area contributed by atoms with Crippen molar-refractivity contribution in [3.8, 4) is 11.5 Å². The Kier molecular flexibility index (Phi) is 6.54. The predicted octanol–water partition coefficient (Wildman–Crippen LogP) is 3.19. The number of carbonyl (C=O) groups is 1. The Balaban J connectivity index is 1.38. The SMILES string of the molecule is COc1ccc2c(CC(=O)NCc3cc(=O)c(OCc4ccccc4)co3)cc(=O)oc2c1. The lowest BCUT2D eigenvalue weighted by Gasteiger charge is -2.09. The highest BCUT2D eigenvalue weighted by Crippen LogP contribution is 2.22. The fourth-order valence-electron chi connectivity index (χ4n) is 3.28. The summed E-state index contributed by atoms with van der Waals surface area (Å²) in [6.07, 6.45) is 1.19. The van der Waals surface area contributed by atoms with Gasteiger partial charge in [0.15, 0.2) is 0 Å². The molecule has 4 aromatic rings. The van der Waals surface area contributed by atoms with E-state index in [-0.39, 0.29) is 42.4 Å². The lowest BCUT2D eigenvalue weighted by molar-refractivity contribution is -0.120. The largest absolute Gasteiger partial charge is 0.497 e. The summed E-state index contributed by atoms with van der Waals surface area (Å²) in [5, 5.41) is 3.33. The van der Waals surface area contributed by atoms with E-state index >= 15 is 0 Å². The number of benzene rings is 2. The summed E-state index contributed by atoms with van der Waals surface area (Å²) < 4.78 is 21.3. The molecule has 2 heterocycles. The molecule has 0 aliphatic heterocycles. The van der Waals surface area contributed by atoms with Crippen molar-refractivity contribution in [3.05, 3.63) is 104 Å². The van der Waals surface area contributed by atoms with Crippen LogP contribution in [0.3, 0.4) is 0 Å². The van der Waals surface area contributed by atoms with Gasteiger partial charge in [-0.05, 0) is 23.3 Å². The van der Waals surface area contributed by atoms with Crippen LogP contribution in [0.4, 0.5) is 0 Å². The van der Waals surface area contributed by atoms with Gasteiger partial charge in [-0.2, -0.15) is 0 Å². The number of methoxy groups -OCH3 is 1. The van der Waals surface area contributed by atoms with Crippen molar-refractivity contribution in [1.82, 2.24) is 5.32 Å². The molecule has 0 atom stereocenters. The van der Waals surface area contributed by atoms with E-state index in [0.717, 1.165) is 5.56 Å². The van der Waals surface area contributed by atoms with Crippen LogP contribution in [0.15, 0.2) is 85.4 Å². The Labute approximate surface area is 188 Å². The molecule has 0 saturated carbocycles. The molecule has 0 spiro atoms. The van der Waals surface area contributed by atoms with E-state index in [1.165, 1.54) is 25.5 Å². The summed E-state index contributed by atoms with van der Waals surface area (Å²) in [5.41, 5.74) is 0.876. The minimum atomic E-state index is -0.560. The van der Waals surface area contributed by atoms with Gasteiger partial charge in [-0.25, -0.2) is 4.79 Å². The molecular formula is C25H21NO7. The maximum absolute atomic E-state index is 12.5. The normalized spacial score (nSPS) is 10.7. The Bertz CT molecular complexity index is 1390. The Morgan fingerprint density at radius 3 is 2.61 bits per heavy atom. The first-order valence-electron chi connectivity index (χ1n) is 10.2. The summed E-state index contributed by atoms with van der Waals surface area (Å²) in [5.74, 6) is 0.567. The first-order valence-corrected chi connectivity index (χ1v) is 10.2. The summed E-state index contributed by atoms with van der Waals surface area (Å²) >= 11 is 0. The van der Waals surface area contributed by atoms with E-state index in [9.17, 15) is 14.4 Å². The first kappa shape index (κ1) is 21.9. The molecule has 4 rings (SSSR count). The zero-order valence-electron chi connectivity index (χ0n) is 17.8. The predicted molar refractivity (Wildman–Crippen MR) is 120 cm³/mol. The number of carbonyl (C=O) groups excluding carboxylic acids is 1. The van der Waals surface area contributed by atoms with Crippen LogP contribution in [-0.4, -0.2) is 13.0 Å². The number of nitrogens with one attached hydrogen (secondary N) is 1. The summed E-state index contributed by atoms with van der Waals surface area (Å²) in [4.78, 5) is 36.6. The number of hydrogen-bond donors (Lipinski definition) is 1. The molecule has 0 aliphatic carbocycles. The molecule has 0 aliphatic rings. The molecule has 8 heteroatoms.